The molecule has 2 aromatic heterocycles. The number of aromatic hydroxyl groups is 1. The zero-order valence-electron chi connectivity index (χ0n) is 13.9. The predicted octanol–water partition coefficient (Wildman–Crippen LogP) is 2.78. The molecule has 0 aliphatic carbocycles. The Bertz CT molecular complexity index is 916. The fourth-order valence-electron chi connectivity index (χ4n) is 3.54. The van der Waals surface area contributed by atoms with Gasteiger partial charge in [0.2, 0.25) is 0 Å². The highest BCUT2D eigenvalue weighted by Gasteiger charge is 2.23. The number of benzene rings is 1. The van der Waals surface area contributed by atoms with E-state index in [-0.39, 0.29) is 12.5 Å². The summed E-state index contributed by atoms with van der Waals surface area (Å²) in [5.41, 5.74) is 4.08. The number of fused-ring (bicyclic) bond motifs is 1. The van der Waals surface area contributed by atoms with E-state index < -0.39 is 0 Å². The second kappa shape index (κ2) is 6.70. The summed E-state index contributed by atoms with van der Waals surface area (Å²) < 4.78 is 0. The van der Waals surface area contributed by atoms with Crippen LogP contribution in [0.15, 0.2) is 54.9 Å². The van der Waals surface area contributed by atoms with E-state index in [1.54, 1.807) is 12.3 Å². The van der Waals surface area contributed by atoms with E-state index in [0.29, 0.717) is 12.3 Å². The lowest BCUT2D eigenvalue weighted by molar-refractivity contribution is 0.185. The standard InChI is InChI=1S/C20H21N3O2/c24-13-14-8-16(18-9-22-20-17(18)5-3-7-21-20)12-23(10-14)11-15-4-1-2-6-19(15)25/h1-9,14,24-25H,10-13H2,(H,21,22). The van der Waals surface area contributed by atoms with Crippen molar-refractivity contribution in [2.24, 2.45) is 5.92 Å². The van der Waals surface area contributed by atoms with Crippen LogP contribution in [0.25, 0.3) is 16.6 Å². The summed E-state index contributed by atoms with van der Waals surface area (Å²) in [7, 11) is 0. The van der Waals surface area contributed by atoms with Gasteiger partial charge in [0.15, 0.2) is 0 Å². The first-order valence-electron chi connectivity index (χ1n) is 8.48. The first-order valence-corrected chi connectivity index (χ1v) is 8.48. The second-order valence-corrected chi connectivity index (χ2v) is 6.53. The van der Waals surface area contributed by atoms with Gasteiger partial charge in [0.05, 0.1) is 6.61 Å². The number of hydrogen-bond donors (Lipinski definition) is 3. The molecule has 5 nitrogen and oxygen atoms in total. The Kier molecular flexibility index (Phi) is 4.26. The molecule has 0 spiro atoms. The predicted molar refractivity (Wildman–Crippen MR) is 98.0 cm³/mol. The zero-order chi connectivity index (χ0) is 17.2. The topological polar surface area (TPSA) is 72.4 Å². The number of pyridine rings is 1. The van der Waals surface area contributed by atoms with Crippen LogP contribution in [0.1, 0.15) is 11.1 Å². The fraction of sp³-hybridized carbons (Fsp3) is 0.250. The molecule has 3 aromatic rings. The van der Waals surface area contributed by atoms with Crippen molar-refractivity contribution in [3.8, 4) is 5.75 Å². The van der Waals surface area contributed by atoms with Gasteiger partial charge in [-0.2, -0.15) is 0 Å². The summed E-state index contributed by atoms with van der Waals surface area (Å²) in [6.45, 7) is 2.31. The van der Waals surface area contributed by atoms with Gasteiger partial charge in [0.25, 0.3) is 0 Å². The molecule has 0 saturated heterocycles. The first kappa shape index (κ1) is 15.9. The van der Waals surface area contributed by atoms with Gasteiger partial charge in [-0.1, -0.05) is 24.3 Å². The van der Waals surface area contributed by atoms with Crippen molar-refractivity contribution in [2.75, 3.05) is 19.7 Å². The zero-order valence-corrected chi connectivity index (χ0v) is 13.9. The third kappa shape index (κ3) is 3.16. The molecule has 1 unspecified atom stereocenters. The highest BCUT2D eigenvalue weighted by molar-refractivity contribution is 5.91. The maximum absolute atomic E-state index is 10.1. The summed E-state index contributed by atoms with van der Waals surface area (Å²) in [5.74, 6) is 0.395. The third-order valence-electron chi connectivity index (χ3n) is 4.74. The molecule has 3 N–H and O–H groups in total. The van der Waals surface area contributed by atoms with Crippen molar-refractivity contribution >= 4 is 16.6 Å². The van der Waals surface area contributed by atoms with Gasteiger partial charge >= 0.3 is 0 Å². The second-order valence-electron chi connectivity index (χ2n) is 6.53. The number of aliphatic hydroxyl groups is 1. The number of aromatic nitrogens is 2. The molecular weight excluding hydrogens is 314 g/mol. The van der Waals surface area contributed by atoms with Crippen molar-refractivity contribution in [3.63, 3.8) is 0 Å². The molecule has 5 heteroatoms. The summed E-state index contributed by atoms with van der Waals surface area (Å²) in [4.78, 5) is 9.84. The number of phenols is 1. The normalized spacial score (nSPS) is 18.4. The Hall–Kier alpha value is -2.63. The lowest BCUT2D eigenvalue weighted by atomic mass is 9.95. The number of hydrogen-bond acceptors (Lipinski definition) is 4. The highest BCUT2D eigenvalue weighted by atomic mass is 16.3. The maximum Gasteiger partial charge on any atom is 0.137 e. The molecule has 25 heavy (non-hydrogen) atoms. The SMILES string of the molecule is OCC1C=C(c2c[nH]c3ncccc23)CN(Cc2ccccc2O)C1. The molecule has 1 aliphatic rings. The number of para-hydroxylation sites is 1. The van der Waals surface area contributed by atoms with Crippen molar-refractivity contribution in [2.45, 2.75) is 6.54 Å². The van der Waals surface area contributed by atoms with E-state index in [9.17, 15) is 10.2 Å². The van der Waals surface area contributed by atoms with Crippen molar-refractivity contribution in [1.82, 2.24) is 14.9 Å². The van der Waals surface area contributed by atoms with Crippen LogP contribution in [0, 0.1) is 5.92 Å². The van der Waals surface area contributed by atoms with Crippen LogP contribution in [0.2, 0.25) is 0 Å². The largest absolute Gasteiger partial charge is 0.508 e. The van der Waals surface area contributed by atoms with Crippen LogP contribution in [0.3, 0.4) is 0 Å². The van der Waals surface area contributed by atoms with Crippen molar-refractivity contribution < 1.29 is 10.2 Å². The monoisotopic (exact) mass is 335 g/mol. The van der Waals surface area contributed by atoms with Crippen molar-refractivity contribution in [3.05, 3.63) is 66.0 Å². The number of nitrogens with one attached hydrogen (secondary N) is 1. The summed E-state index contributed by atoms with van der Waals surface area (Å²) in [5, 5.41) is 20.9. The molecule has 0 bridgehead atoms. The molecule has 3 heterocycles. The Morgan fingerprint density at radius 3 is 2.92 bits per heavy atom. The van der Waals surface area contributed by atoms with Crippen LogP contribution in [0.5, 0.6) is 5.75 Å². The molecule has 1 aliphatic heterocycles. The number of aromatic amines is 1. The quantitative estimate of drug-likeness (QED) is 0.685. The van der Waals surface area contributed by atoms with Gasteiger partial charge in [-0.05, 0) is 23.8 Å². The maximum atomic E-state index is 10.1. The molecular formula is C20H21N3O2. The van der Waals surface area contributed by atoms with Gasteiger partial charge in [-0.3, -0.25) is 4.90 Å². The number of rotatable bonds is 4. The summed E-state index contributed by atoms with van der Waals surface area (Å²) in [6, 6.07) is 11.4. The van der Waals surface area contributed by atoms with Gasteiger partial charge in [0, 0.05) is 54.5 Å². The van der Waals surface area contributed by atoms with E-state index >= 15 is 0 Å². The lowest BCUT2D eigenvalue weighted by Gasteiger charge is -2.31. The van der Waals surface area contributed by atoms with E-state index in [4.69, 9.17) is 0 Å². The number of phenolic OH excluding ortho intramolecular Hbond substituents is 1. The molecule has 0 saturated carbocycles. The Balaban J connectivity index is 1.64. The van der Waals surface area contributed by atoms with Crippen LogP contribution in [0.4, 0.5) is 0 Å². The lowest BCUT2D eigenvalue weighted by Crippen LogP contribution is -2.35. The minimum atomic E-state index is 0.0798. The van der Waals surface area contributed by atoms with Crippen molar-refractivity contribution in [1.29, 1.82) is 0 Å². The molecule has 128 valence electrons. The van der Waals surface area contributed by atoms with Gasteiger partial charge in [-0.15, -0.1) is 0 Å². The van der Waals surface area contributed by atoms with E-state index in [2.05, 4.69) is 27.0 Å². The fourth-order valence-corrected chi connectivity index (χ4v) is 3.54. The number of nitrogens with zero attached hydrogens (tertiary/aromatic N) is 2. The highest BCUT2D eigenvalue weighted by Crippen LogP contribution is 2.30. The van der Waals surface area contributed by atoms with Gasteiger partial charge in [-0.25, -0.2) is 4.98 Å². The summed E-state index contributed by atoms with van der Waals surface area (Å²) >= 11 is 0. The molecule has 4 rings (SSSR count). The van der Waals surface area contributed by atoms with Gasteiger partial charge in [0.1, 0.15) is 11.4 Å². The first-order chi connectivity index (χ1) is 12.2. The van der Waals surface area contributed by atoms with E-state index in [0.717, 1.165) is 35.2 Å². The minimum absolute atomic E-state index is 0.0798. The minimum Gasteiger partial charge on any atom is -0.508 e. The molecule has 0 fully saturated rings. The molecule has 0 amide bonds. The van der Waals surface area contributed by atoms with Gasteiger partial charge < -0.3 is 15.2 Å². The van der Waals surface area contributed by atoms with E-state index in [1.165, 1.54) is 5.57 Å². The smallest absolute Gasteiger partial charge is 0.137 e. The third-order valence-corrected chi connectivity index (χ3v) is 4.74. The van der Waals surface area contributed by atoms with Crippen LogP contribution in [-0.4, -0.2) is 44.8 Å². The number of H-pyrrole nitrogens is 1. The molecule has 0 radical (unpaired) electrons. The number of aliphatic hydroxyl groups excluding tert-OH is 1. The van der Waals surface area contributed by atoms with Crippen LogP contribution >= 0.6 is 0 Å². The average Bonchev–Trinajstić information content (AvgIpc) is 3.07. The Morgan fingerprint density at radius 2 is 2.08 bits per heavy atom. The summed E-state index contributed by atoms with van der Waals surface area (Å²) in [6.07, 6.45) is 5.93. The Labute approximate surface area is 146 Å². The van der Waals surface area contributed by atoms with Crippen LogP contribution < -0.4 is 0 Å². The van der Waals surface area contributed by atoms with E-state index in [1.807, 2.05) is 30.5 Å². The molecule has 1 aromatic carbocycles. The molecule has 1 atom stereocenters. The Morgan fingerprint density at radius 1 is 1.20 bits per heavy atom. The van der Waals surface area contributed by atoms with Crippen LogP contribution in [-0.2, 0) is 6.54 Å². The average molecular weight is 335 g/mol.